The van der Waals surface area contributed by atoms with Crippen LogP contribution < -0.4 is 15.5 Å². The second-order valence-electron chi connectivity index (χ2n) is 4.96. The van der Waals surface area contributed by atoms with Gasteiger partial charge in [0.2, 0.25) is 0 Å². The first-order valence-electron chi connectivity index (χ1n) is 6.76. The summed E-state index contributed by atoms with van der Waals surface area (Å²) in [6.45, 7) is 4.45. The summed E-state index contributed by atoms with van der Waals surface area (Å²) in [5.74, 6) is 0.444. The number of halogens is 1. The van der Waals surface area contributed by atoms with Crippen molar-refractivity contribution in [1.29, 1.82) is 0 Å². The number of hydrogen-bond acceptors (Lipinski definition) is 3. The highest BCUT2D eigenvalue weighted by atomic mass is 35.5. The van der Waals surface area contributed by atoms with E-state index >= 15 is 0 Å². The molecule has 2 aliphatic heterocycles. The molecule has 5 heteroatoms. The Kier molecular flexibility index (Phi) is 3.62. The van der Waals surface area contributed by atoms with Gasteiger partial charge in [-0.05, 0) is 23.6 Å². The van der Waals surface area contributed by atoms with Crippen molar-refractivity contribution >= 4 is 23.2 Å². The number of nitrogens with zero attached hydrogens (tertiary/aromatic N) is 1. The predicted molar refractivity (Wildman–Crippen MR) is 77.1 cm³/mol. The van der Waals surface area contributed by atoms with Gasteiger partial charge in [-0.2, -0.15) is 0 Å². The van der Waals surface area contributed by atoms with Gasteiger partial charge in [-0.3, -0.25) is 4.79 Å². The molecule has 2 heterocycles. The summed E-state index contributed by atoms with van der Waals surface area (Å²) in [6, 6.07) is 4.03. The van der Waals surface area contributed by atoms with Gasteiger partial charge >= 0.3 is 0 Å². The summed E-state index contributed by atoms with van der Waals surface area (Å²) in [5, 5.41) is 6.28. The molecule has 0 aromatic heterocycles. The molecule has 102 valence electrons. The molecule has 0 radical (unpaired) electrons. The van der Waals surface area contributed by atoms with E-state index in [-0.39, 0.29) is 5.91 Å². The molecule has 0 fully saturated rings. The minimum Gasteiger partial charge on any atom is -0.369 e. The molecule has 0 atom stereocenters. The average molecular weight is 280 g/mol. The summed E-state index contributed by atoms with van der Waals surface area (Å²) in [4.78, 5) is 14.6. The largest absolute Gasteiger partial charge is 0.369 e. The molecule has 2 aliphatic rings. The zero-order chi connectivity index (χ0) is 13.2. The number of carbonyl (C=O) groups is 1. The summed E-state index contributed by atoms with van der Waals surface area (Å²) in [5.41, 5.74) is 4.60. The van der Waals surface area contributed by atoms with Crippen LogP contribution in [0.4, 0.5) is 5.69 Å². The maximum Gasteiger partial charge on any atom is 0.251 e. The molecular formula is C14H18ClN3O. The number of nitrogens with one attached hydrogen (secondary N) is 2. The van der Waals surface area contributed by atoms with Crippen LogP contribution in [0.25, 0.3) is 0 Å². The average Bonchev–Trinajstić information content (AvgIpc) is 2.73. The van der Waals surface area contributed by atoms with Crippen LogP contribution in [-0.2, 0) is 13.0 Å². The molecule has 2 N–H and O–H groups in total. The first kappa shape index (κ1) is 12.8. The smallest absolute Gasteiger partial charge is 0.251 e. The second kappa shape index (κ2) is 5.39. The number of amides is 1. The monoisotopic (exact) mass is 279 g/mol. The normalized spacial score (nSPS) is 17.0. The first-order valence-corrected chi connectivity index (χ1v) is 7.29. The van der Waals surface area contributed by atoms with Gasteiger partial charge in [0.15, 0.2) is 0 Å². The Morgan fingerprint density at radius 3 is 3.16 bits per heavy atom. The Morgan fingerprint density at radius 1 is 1.42 bits per heavy atom. The zero-order valence-corrected chi connectivity index (χ0v) is 11.6. The topological polar surface area (TPSA) is 44.4 Å². The molecule has 0 saturated heterocycles. The quantitative estimate of drug-likeness (QED) is 0.815. The highest BCUT2D eigenvalue weighted by Gasteiger charge is 2.28. The van der Waals surface area contributed by atoms with Gasteiger partial charge in [0.1, 0.15) is 0 Å². The van der Waals surface area contributed by atoms with Crippen molar-refractivity contribution in [1.82, 2.24) is 10.6 Å². The van der Waals surface area contributed by atoms with E-state index in [9.17, 15) is 4.79 Å². The third-order valence-electron chi connectivity index (χ3n) is 3.81. The van der Waals surface area contributed by atoms with E-state index in [1.165, 1.54) is 16.8 Å². The Bertz CT molecular complexity index is 504. The van der Waals surface area contributed by atoms with Crippen LogP contribution in [0.5, 0.6) is 0 Å². The van der Waals surface area contributed by atoms with E-state index in [0.29, 0.717) is 12.4 Å². The summed E-state index contributed by atoms with van der Waals surface area (Å²) in [6.07, 6.45) is 0.965. The highest BCUT2D eigenvalue weighted by Crippen LogP contribution is 2.35. The van der Waals surface area contributed by atoms with E-state index in [1.807, 2.05) is 6.07 Å². The minimum atomic E-state index is -0.00231. The second-order valence-corrected chi connectivity index (χ2v) is 5.34. The number of hydrogen-bond donors (Lipinski definition) is 2. The third kappa shape index (κ3) is 2.30. The number of anilines is 1. The molecule has 0 spiro atoms. The maximum atomic E-state index is 12.2. The fraction of sp³-hybridized carbons (Fsp3) is 0.500. The Labute approximate surface area is 118 Å². The van der Waals surface area contributed by atoms with Gasteiger partial charge < -0.3 is 15.5 Å². The lowest BCUT2D eigenvalue weighted by Gasteiger charge is -2.19. The maximum absolute atomic E-state index is 12.2. The zero-order valence-electron chi connectivity index (χ0n) is 10.8. The van der Waals surface area contributed by atoms with Crippen molar-refractivity contribution in [3.8, 4) is 0 Å². The van der Waals surface area contributed by atoms with Gasteiger partial charge in [-0.15, -0.1) is 11.6 Å². The molecular weight excluding hydrogens is 262 g/mol. The van der Waals surface area contributed by atoms with Gasteiger partial charge in [0.25, 0.3) is 5.91 Å². The molecule has 0 saturated carbocycles. The summed E-state index contributed by atoms with van der Waals surface area (Å²) < 4.78 is 0. The molecule has 1 aromatic carbocycles. The van der Waals surface area contributed by atoms with E-state index in [1.54, 1.807) is 0 Å². The van der Waals surface area contributed by atoms with Crippen molar-refractivity contribution in [2.75, 3.05) is 37.0 Å². The van der Waals surface area contributed by atoms with Crippen molar-refractivity contribution in [2.24, 2.45) is 0 Å². The van der Waals surface area contributed by atoms with Gasteiger partial charge in [0, 0.05) is 49.9 Å². The molecule has 3 rings (SSSR count). The van der Waals surface area contributed by atoms with Gasteiger partial charge in [0.05, 0.1) is 0 Å². The molecule has 0 bridgehead atoms. The fourth-order valence-corrected chi connectivity index (χ4v) is 3.06. The summed E-state index contributed by atoms with van der Waals surface area (Å²) in [7, 11) is 0. The van der Waals surface area contributed by atoms with E-state index in [0.717, 1.165) is 38.2 Å². The number of rotatable bonds is 3. The van der Waals surface area contributed by atoms with Crippen LogP contribution in [0, 0.1) is 0 Å². The summed E-state index contributed by atoms with van der Waals surface area (Å²) >= 11 is 5.62. The molecule has 0 aliphatic carbocycles. The minimum absolute atomic E-state index is 0.00231. The number of alkyl halides is 1. The van der Waals surface area contributed by atoms with Crippen molar-refractivity contribution < 1.29 is 4.79 Å². The van der Waals surface area contributed by atoms with Gasteiger partial charge in [-0.1, -0.05) is 6.07 Å². The SMILES string of the molecule is O=C(NCCCl)c1ccc2c3c1CCN3CCNC2. The highest BCUT2D eigenvalue weighted by molar-refractivity contribution is 6.18. The molecule has 0 unspecified atom stereocenters. The van der Waals surface area contributed by atoms with Gasteiger partial charge in [-0.25, -0.2) is 0 Å². The molecule has 1 aromatic rings. The van der Waals surface area contributed by atoms with E-state index in [2.05, 4.69) is 21.6 Å². The van der Waals surface area contributed by atoms with Crippen LogP contribution in [0.3, 0.4) is 0 Å². The van der Waals surface area contributed by atoms with Crippen molar-refractivity contribution in [3.05, 3.63) is 28.8 Å². The number of benzene rings is 1. The van der Waals surface area contributed by atoms with Crippen LogP contribution in [0.2, 0.25) is 0 Å². The van der Waals surface area contributed by atoms with Crippen LogP contribution in [0.15, 0.2) is 12.1 Å². The van der Waals surface area contributed by atoms with Crippen molar-refractivity contribution in [2.45, 2.75) is 13.0 Å². The lowest BCUT2D eigenvalue weighted by atomic mass is 10.00. The van der Waals surface area contributed by atoms with E-state index < -0.39 is 0 Å². The predicted octanol–water partition coefficient (Wildman–Crippen LogP) is 1.12. The lowest BCUT2D eigenvalue weighted by molar-refractivity contribution is 0.0955. The Morgan fingerprint density at radius 2 is 2.32 bits per heavy atom. The standard InChI is InChI=1S/C14H18ClN3O/c15-4-5-17-14(19)12-2-1-10-9-16-6-8-18-7-3-11(12)13(10)18/h1-2,16H,3-9H2,(H,17,19). The first-order chi connectivity index (χ1) is 9.31. The van der Waals surface area contributed by atoms with Crippen molar-refractivity contribution in [3.63, 3.8) is 0 Å². The van der Waals surface area contributed by atoms with Crippen LogP contribution >= 0.6 is 11.6 Å². The lowest BCUT2D eigenvalue weighted by Crippen LogP contribution is -2.27. The van der Waals surface area contributed by atoms with Crippen LogP contribution in [-0.4, -0.2) is 38.0 Å². The fourth-order valence-electron chi connectivity index (χ4n) is 2.96. The number of carbonyl (C=O) groups excluding carboxylic acids is 1. The molecule has 4 nitrogen and oxygen atoms in total. The third-order valence-corrected chi connectivity index (χ3v) is 4.00. The molecule has 1 amide bonds. The Hall–Kier alpha value is -1.26. The Balaban J connectivity index is 1.96. The molecule has 19 heavy (non-hydrogen) atoms. The van der Waals surface area contributed by atoms with Crippen LogP contribution in [0.1, 0.15) is 21.5 Å². The van der Waals surface area contributed by atoms with E-state index in [4.69, 9.17) is 11.6 Å².